The van der Waals surface area contributed by atoms with E-state index in [0.29, 0.717) is 18.7 Å². The van der Waals surface area contributed by atoms with E-state index >= 15 is 0 Å². The van der Waals surface area contributed by atoms with Crippen LogP contribution in [0.4, 0.5) is 13.2 Å². The van der Waals surface area contributed by atoms with Crippen molar-refractivity contribution in [1.82, 2.24) is 15.1 Å². The smallest absolute Gasteiger partial charge is 0.352 e. The zero-order chi connectivity index (χ0) is 20.9. The Hall–Kier alpha value is -3.42. The van der Waals surface area contributed by atoms with Crippen molar-refractivity contribution in [3.8, 4) is 11.3 Å². The van der Waals surface area contributed by atoms with Crippen LogP contribution in [0.3, 0.4) is 0 Å². The maximum atomic E-state index is 12.6. The van der Waals surface area contributed by atoms with E-state index in [2.05, 4.69) is 10.4 Å². The van der Waals surface area contributed by atoms with E-state index in [0.717, 1.165) is 29.8 Å². The molecule has 0 atom stereocenters. The van der Waals surface area contributed by atoms with Crippen molar-refractivity contribution < 1.29 is 18.0 Å². The molecule has 3 rings (SSSR count). The van der Waals surface area contributed by atoms with Crippen LogP contribution in [0.5, 0.6) is 0 Å². The zero-order valence-corrected chi connectivity index (χ0v) is 15.3. The number of hydrogen-bond acceptors (Lipinski definition) is 3. The molecular weight excluding hydrogens is 383 g/mol. The average Bonchev–Trinajstić information content (AvgIpc) is 2.72. The van der Waals surface area contributed by atoms with E-state index < -0.39 is 17.6 Å². The summed E-state index contributed by atoms with van der Waals surface area (Å²) < 4.78 is 39.0. The maximum absolute atomic E-state index is 12.6. The summed E-state index contributed by atoms with van der Waals surface area (Å²) in [5.41, 5.74) is 0.631. The van der Waals surface area contributed by atoms with Gasteiger partial charge in [0.2, 0.25) is 0 Å². The zero-order valence-electron chi connectivity index (χ0n) is 15.3. The Morgan fingerprint density at radius 1 is 0.966 bits per heavy atom. The molecule has 1 aromatic heterocycles. The minimum atomic E-state index is -4.44. The van der Waals surface area contributed by atoms with Crippen LogP contribution in [0, 0.1) is 0 Å². The number of amides is 1. The number of aromatic nitrogens is 2. The van der Waals surface area contributed by atoms with Crippen LogP contribution >= 0.6 is 0 Å². The molecule has 0 bridgehead atoms. The van der Waals surface area contributed by atoms with Gasteiger partial charge in [0.1, 0.15) is 0 Å². The minimum Gasteiger partial charge on any atom is -0.352 e. The molecule has 0 unspecified atom stereocenters. The van der Waals surface area contributed by atoms with Crippen LogP contribution in [0.15, 0.2) is 71.5 Å². The molecule has 0 aliphatic rings. The van der Waals surface area contributed by atoms with E-state index in [1.807, 2.05) is 30.3 Å². The Morgan fingerprint density at radius 3 is 2.31 bits per heavy atom. The lowest BCUT2D eigenvalue weighted by Gasteiger charge is -2.09. The molecule has 0 saturated heterocycles. The Morgan fingerprint density at radius 2 is 1.66 bits per heavy atom. The fraction of sp³-hybridized carbons (Fsp3) is 0.190. The van der Waals surface area contributed by atoms with Gasteiger partial charge in [-0.2, -0.15) is 18.3 Å². The largest absolute Gasteiger partial charge is 0.416 e. The van der Waals surface area contributed by atoms with Crippen LogP contribution < -0.4 is 10.9 Å². The first-order chi connectivity index (χ1) is 13.8. The van der Waals surface area contributed by atoms with E-state index in [1.165, 1.54) is 10.7 Å². The van der Waals surface area contributed by atoms with Gasteiger partial charge in [-0.05, 0) is 36.8 Å². The lowest BCUT2D eigenvalue weighted by molar-refractivity contribution is -0.137. The molecular formula is C21H18F3N3O2. The number of alkyl halides is 3. The molecule has 1 N–H and O–H groups in total. The van der Waals surface area contributed by atoms with Gasteiger partial charge in [0.25, 0.3) is 11.5 Å². The van der Waals surface area contributed by atoms with Crippen LogP contribution in [0.1, 0.15) is 22.3 Å². The quantitative estimate of drug-likeness (QED) is 0.640. The van der Waals surface area contributed by atoms with Gasteiger partial charge in [0.05, 0.1) is 11.3 Å². The Kier molecular flexibility index (Phi) is 6.11. The van der Waals surface area contributed by atoms with Crippen LogP contribution in [-0.4, -0.2) is 22.2 Å². The number of carbonyl (C=O) groups is 1. The molecule has 150 valence electrons. The van der Waals surface area contributed by atoms with Gasteiger partial charge in [0.15, 0.2) is 0 Å². The first-order valence-electron chi connectivity index (χ1n) is 8.93. The number of nitrogens with zero attached hydrogens (tertiary/aromatic N) is 2. The third-order valence-corrected chi connectivity index (χ3v) is 4.24. The predicted molar refractivity (Wildman–Crippen MR) is 102 cm³/mol. The van der Waals surface area contributed by atoms with Gasteiger partial charge in [-0.25, -0.2) is 4.68 Å². The normalized spacial score (nSPS) is 11.3. The molecule has 3 aromatic rings. The molecule has 0 fully saturated rings. The van der Waals surface area contributed by atoms with E-state index in [-0.39, 0.29) is 17.7 Å². The molecule has 29 heavy (non-hydrogen) atoms. The van der Waals surface area contributed by atoms with Crippen molar-refractivity contribution in [1.29, 1.82) is 0 Å². The van der Waals surface area contributed by atoms with Gasteiger partial charge in [-0.1, -0.05) is 30.3 Å². The van der Waals surface area contributed by atoms with Crippen molar-refractivity contribution in [2.45, 2.75) is 19.1 Å². The second kappa shape index (κ2) is 8.72. The summed E-state index contributed by atoms with van der Waals surface area (Å²) in [6.07, 6.45) is -4.00. The lowest BCUT2D eigenvalue weighted by Crippen LogP contribution is -2.28. The topological polar surface area (TPSA) is 64.0 Å². The van der Waals surface area contributed by atoms with Gasteiger partial charge >= 0.3 is 6.18 Å². The highest BCUT2D eigenvalue weighted by Gasteiger charge is 2.30. The average molecular weight is 401 g/mol. The van der Waals surface area contributed by atoms with Gasteiger partial charge in [-0.15, -0.1) is 0 Å². The molecule has 0 saturated carbocycles. The highest BCUT2D eigenvalue weighted by molar-refractivity contribution is 5.94. The second-order valence-corrected chi connectivity index (χ2v) is 6.33. The monoisotopic (exact) mass is 401 g/mol. The standard InChI is InChI=1S/C21H18F3N3O2/c22-21(23,24)17-9-7-16(8-10-17)20(29)25-13-4-14-27-19(28)12-11-18(26-27)15-5-2-1-3-6-15/h1-3,5-12H,4,13-14H2,(H,25,29). The molecule has 0 aliphatic heterocycles. The lowest BCUT2D eigenvalue weighted by atomic mass is 10.1. The molecule has 0 aliphatic carbocycles. The number of rotatable bonds is 6. The third kappa shape index (κ3) is 5.31. The number of carbonyl (C=O) groups excluding carboxylic acids is 1. The molecule has 5 nitrogen and oxygen atoms in total. The SMILES string of the molecule is O=C(NCCCn1nc(-c2ccccc2)ccc1=O)c1ccc(C(F)(F)F)cc1. The highest BCUT2D eigenvalue weighted by Crippen LogP contribution is 2.29. The number of halogens is 3. The molecule has 8 heteroatoms. The summed E-state index contributed by atoms with van der Waals surface area (Å²) in [5.74, 6) is -0.475. The number of benzene rings is 2. The molecule has 0 spiro atoms. The summed E-state index contributed by atoms with van der Waals surface area (Å²) in [6, 6.07) is 16.5. The van der Waals surface area contributed by atoms with E-state index in [9.17, 15) is 22.8 Å². The highest BCUT2D eigenvalue weighted by atomic mass is 19.4. The van der Waals surface area contributed by atoms with Gasteiger partial charge in [-0.3, -0.25) is 9.59 Å². The summed E-state index contributed by atoms with van der Waals surface area (Å²) in [5, 5.41) is 6.96. The fourth-order valence-electron chi connectivity index (χ4n) is 2.72. The van der Waals surface area contributed by atoms with Crippen molar-refractivity contribution in [2.24, 2.45) is 0 Å². The third-order valence-electron chi connectivity index (χ3n) is 4.24. The van der Waals surface area contributed by atoms with Crippen LogP contribution in [-0.2, 0) is 12.7 Å². The van der Waals surface area contributed by atoms with Crippen LogP contribution in [0.2, 0.25) is 0 Å². The van der Waals surface area contributed by atoms with E-state index in [4.69, 9.17) is 0 Å². The fourth-order valence-corrected chi connectivity index (χ4v) is 2.72. The summed E-state index contributed by atoms with van der Waals surface area (Å²) in [6.45, 7) is 0.552. The Balaban J connectivity index is 1.55. The first-order valence-corrected chi connectivity index (χ1v) is 8.93. The first kappa shape index (κ1) is 20.3. The minimum absolute atomic E-state index is 0.138. The van der Waals surface area contributed by atoms with Gasteiger partial charge < -0.3 is 5.32 Å². The number of nitrogens with one attached hydrogen (secondary N) is 1. The molecule has 1 heterocycles. The second-order valence-electron chi connectivity index (χ2n) is 6.33. The van der Waals surface area contributed by atoms with Crippen molar-refractivity contribution >= 4 is 5.91 Å². The molecule has 1 amide bonds. The molecule has 0 radical (unpaired) electrons. The maximum Gasteiger partial charge on any atom is 0.416 e. The summed E-state index contributed by atoms with van der Waals surface area (Å²) in [7, 11) is 0. The Labute approximate surface area is 164 Å². The Bertz CT molecular complexity index is 1030. The number of hydrogen-bond donors (Lipinski definition) is 1. The number of aryl methyl sites for hydroxylation is 1. The summed E-state index contributed by atoms with van der Waals surface area (Å²) >= 11 is 0. The van der Waals surface area contributed by atoms with Crippen molar-refractivity contribution in [3.63, 3.8) is 0 Å². The van der Waals surface area contributed by atoms with Gasteiger partial charge in [0, 0.05) is 30.3 Å². The predicted octanol–water partition coefficient (Wildman–Crippen LogP) is 3.75. The molecule has 2 aromatic carbocycles. The summed E-state index contributed by atoms with van der Waals surface area (Å²) in [4.78, 5) is 24.0. The van der Waals surface area contributed by atoms with E-state index in [1.54, 1.807) is 6.07 Å². The van der Waals surface area contributed by atoms with Crippen LogP contribution in [0.25, 0.3) is 11.3 Å². The van der Waals surface area contributed by atoms with Crippen molar-refractivity contribution in [2.75, 3.05) is 6.54 Å². The van der Waals surface area contributed by atoms with Crippen molar-refractivity contribution in [3.05, 3.63) is 88.2 Å².